The summed E-state index contributed by atoms with van der Waals surface area (Å²) >= 11 is 1.48. The number of thiophene rings is 1. The minimum Gasteiger partial charge on any atom is -0.495 e. The van der Waals surface area contributed by atoms with Crippen LogP contribution in [0.2, 0.25) is 0 Å². The van der Waals surface area contributed by atoms with Crippen molar-refractivity contribution in [2.45, 2.75) is 11.8 Å². The molecule has 156 valence electrons. The van der Waals surface area contributed by atoms with Gasteiger partial charge in [0.25, 0.3) is 15.7 Å². The fourth-order valence-corrected chi connectivity index (χ4v) is 4.41. The zero-order valence-corrected chi connectivity index (χ0v) is 17.7. The van der Waals surface area contributed by atoms with Crippen LogP contribution >= 0.6 is 11.3 Å². The first kappa shape index (κ1) is 21.3. The molecule has 0 aliphatic carbocycles. The van der Waals surface area contributed by atoms with Crippen molar-refractivity contribution in [3.63, 3.8) is 0 Å². The maximum atomic E-state index is 12.7. The SMILES string of the molecule is COc1ccccc1NS(=O)(=O)c1ccc(N/N=C/c2sccc2C)c([N+](=O)[O-])c1. The fraction of sp³-hybridized carbons (Fsp3) is 0.105. The lowest BCUT2D eigenvalue weighted by atomic mass is 10.3. The lowest BCUT2D eigenvalue weighted by Gasteiger charge is -2.12. The molecule has 0 aliphatic heterocycles. The van der Waals surface area contributed by atoms with Crippen LogP contribution in [-0.2, 0) is 10.0 Å². The highest BCUT2D eigenvalue weighted by Crippen LogP contribution is 2.30. The molecular weight excluding hydrogens is 428 g/mol. The van der Waals surface area contributed by atoms with Gasteiger partial charge in [0, 0.05) is 10.9 Å². The van der Waals surface area contributed by atoms with Gasteiger partial charge in [0.1, 0.15) is 11.4 Å². The number of nitro benzene ring substituents is 1. The highest BCUT2D eigenvalue weighted by Gasteiger charge is 2.22. The fourth-order valence-electron chi connectivity index (χ4n) is 2.53. The molecule has 1 heterocycles. The van der Waals surface area contributed by atoms with Crippen molar-refractivity contribution in [1.29, 1.82) is 0 Å². The van der Waals surface area contributed by atoms with Crippen molar-refractivity contribution in [3.8, 4) is 5.75 Å². The van der Waals surface area contributed by atoms with E-state index >= 15 is 0 Å². The Morgan fingerprint density at radius 1 is 1.17 bits per heavy atom. The zero-order chi connectivity index (χ0) is 21.7. The van der Waals surface area contributed by atoms with Gasteiger partial charge in [-0.2, -0.15) is 5.10 Å². The summed E-state index contributed by atoms with van der Waals surface area (Å²) in [5.41, 5.74) is 3.51. The summed E-state index contributed by atoms with van der Waals surface area (Å²) in [6, 6.07) is 11.9. The van der Waals surface area contributed by atoms with E-state index in [4.69, 9.17) is 4.74 Å². The Kier molecular flexibility index (Phi) is 6.33. The lowest BCUT2D eigenvalue weighted by Crippen LogP contribution is -2.14. The van der Waals surface area contributed by atoms with E-state index in [1.807, 2.05) is 18.4 Å². The van der Waals surface area contributed by atoms with Crippen LogP contribution in [0.3, 0.4) is 0 Å². The molecule has 0 saturated heterocycles. The Labute approximate surface area is 177 Å². The molecule has 30 heavy (non-hydrogen) atoms. The highest BCUT2D eigenvalue weighted by molar-refractivity contribution is 7.92. The van der Waals surface area contributed by atoms with Crippen LogP contribution < -0.4 is 14.9 Å². The lowest BCUT2D eigenvalue weighted by molar-refractivity contribution is -0.384. The van der Waals surface area contributed by atoms with Crippen molar-refractivity contribution >= 4 is 44.6 Å². The van der Waals surface area contributed by atoms with E-state index in [2.05, 4.69) is 15.2 Å². The second-order valence-corrected chi connectivity index (χ2v) is 8.71. The average molecular weight is 447 g/mol. The first-order chi connectivity index (χ1) is 14.3. The van der Waals surface area contributed by atoms with Crippen molar-refractivity contribution < 1.29 is 18.1 Å². The number of nitrogens with one attached hydrogen (secondary N) is 2. The Bertz CT molecular complexity index is 1210. The maximum absolute atomic E-state index is 12.7. The second kappa shape index (κ2) is 8.93. The van der Waals surface area contributed by atoms with E-state index in [0.29, 0.717) is 5.75 Å². The molecule has 0 saturated carbocycles. The number of nitrogens with zero attached hydrogens (tertiary/aromatic N) is 2. The van der Waals surface area contributed by atoms with Gasteiger partial charge in [0.05, 0.1) is 28.8 Å². The van der Waals surface area contributed by atoms with Gasteiger partial charge in [-0.3, -0.25) is 20.3 Å². The maximum Gasteiger partial charge on any atom is 0.295 e. The number of anilines is 2. The average Bonchev–Trinajstić information content (AvgIpc) is 3.13. The quantitative estimate of drug-likeness (QED) is 0.303. The molecule has 0 atom stereocenters. The van der Waals surface area contributed by atoms with Crippen LogP contribution in [0.25, 0.3) is 0 Å². The van der Waals surface area contributed by atoms with Crippen molar-refractivity contribution in [1.82, 2.24) is 0 Å². The second-order valence-electron chi connectivity index (χ2n) is 6.08. The summed E-state index contributed by atoms with van der Waals surface area (Å²) in [6.45, 7) is 1.93. The van der Waals surface area contributed by atoms with E-state index in [1.54, 1.807) is 24.4 Å². The number of hydrazone groups is 1. The molecule has 11 heteroatoms. The van der Waals surface area contributed by atoms with E-state index in [-0.39, 0.29) is 16.3 Å². The molecule has 0 aliphatic rings. The number of methoxy groups -OCH3 is 1. The largest absolute Gasteiger partial charge is 0.495 e. The molecule has 0 radical (unpaired) electrons. The van der Waals surface area contributed by atoms with Gasteiger partial charge in [0.15, 0.2) is 0 Å². The van der Waals surface area contributed by atoms with Gasteiger partial charge in [-0.15, -0.1) is 11.3 Å². The van der Waals surface area contributed by atoms with Crippen LogP contribution in [0, 0.1) is 17.0 Å². The molecule has 2 N–H and O–H groups in total. The molecule has 0 amide bonds. The van der Waals surface area contributed by atoms with Gasteiger partial charge in [-0.25, -0.2) is 8.42 Å². The summed E-state index contributed by atoms with van der Waals surface area (Å²) in [6.07, 6.45) is 1.55. The molecule has 3 aromatic rings. The molecule has 0 unspecified atom stereocenters. The Morgan fingerprint density at radius 2 is 1.93 bits per heavy atom. The first-order valence-electron chi connectivity index (χ1n) is 8.59. The number of benzene rings is 2. The molecular formula is C19H18N4O5S2. The normalized spacial score (nSPS) is 11.4. The van der Waals surface area contributed by atoms with E-state index in [9.17, 15) is 18.5 Å². The minimum atomic E-state index is -4.08. The van der Waals surface area contributed by atoms with Crippen LogP contribution in [0.5, 0.6) is 5.75 Å². The summed E-state index contributed by atoms with van der Waals surface area (Å²) in [5.74, 6) is 0.326. The summed E-state index contributed by atoms with van der Waals surface area (Å²) in [7, 11) is -2.67. The van der Waals surface area contributed by atoms with E-state index in [0.717, 1.165) is 16.5 Å². The van der Waals surface area contributed by atoms with Crippen molar-refractivity contribution in [2.24, 2.45) is 5.10 Å². The standard InChI is InChI=1S/C19H18N4O5S2/c1-13-9-10-29-19(13)12-20-21-15-8-7-14(11-17(15)23(24)25)30(26,27)22-16-5-3-4-6-18(16)28-2/h3-12,21-22H,1-2H3/b20-12+. The summed E-state index contributed by atoms with van der Waals surface area (Å²) < 4.78 is 33.0. The minimum absolute atomic E-state index is 0.0710. The topological polar surface area (TPSA) is 123 Å². The third-order valence-electron chi connectivity index (χ3n) is 4.10. The van der Waals surface area contributed by atoms with Gasteiger partial charge in [0.2, 0.25) is 0 Å². The van der Waals surface area contributed by atoms with Gasteiger partial charge >= 0.3 is 0 Å². The van der Waals surface area contributed by atoms with Crippen LogP contribution in [0.4, 0.5) is 17.1 Å². The van der Waals surface area contributed by atoms with Crippen LogP contribution in [-0.4, -0.2) is 26.7 Å². The molecule has 9 nitrogen and oxygen atoms in total. The number of sulfonamides is 1. The summed E-state index contributed by atoms with van der Waals surface area (Å²) in [4.78, 5) is 11.5. The smallest absolute Gasteiger partial charge is 0.295 e. The predicted molar refractivity (Wildman–Crippen MR) is 117 cm³/mol. The Hall–Kier alpha value is -3.44. The van der Waals surface area contributed by atoms with E-state index in [1.165, 1.54) is 36.6 Å². The highest BCUT2D eigenvalue weighted by atomic mass is 32.2. The molecule has 0 bridgehead atoms. The zero-order valence-electron chi connectivity index (χ0n) is 16.0. The number of hydrogen-bond donors (Lipinski definition) is 2. The predicted octanol–water partition coefficient (Wildman–Crippen LogP) is 4.22. The molecule has 2 aromatic carbocycles. The molecule has 0 fully saturated rings. The van der Waals surface area contributed by atoms with Crippen molar-refractivity contribution in [2.75, 3.05) is 17.3 Å². The van der Waals surface area contributed by atoms with Crippen LogP contribution in [0.15, 0.2) is 63.9 Å². The number of hydrogen-bond acceptors (Lipinski definition) is 8. The number of ether oxygens (including phenoxy) is 1. The molecule has 3 rings (SSSR count). The van der Waals surface area contributed by atoms with Crippen molar-refractivity contribution in [3.05, 3.63) is 74.5 Å². The number of rotatable bonds is 8. The molecule has 1 aromatic heterocycles. The summed E-state index contributed by atoms with van der Waals surface area (Å²) in [5, 5.41) is 17.4. The first-order valence-corrected chi connectivity index (χ1v) is 11.0. The van der Waals surface area contributed by atoms with E-state index < -0.39 is 20.6 Å². The molecule has 0 spiro atoms. The van der Waals surface area contributed by atoms with Gasteiger partial charge in [-0.1, -0.05) is 12.1 Å². The number of nitro groups is 1. The third-order valence-corrected chi connectivity index (χ3v) is 6.41. The van der Waals surface area contributed by atoms with Gasteiger partial charge < -0.3 is 4.74 Å². The van der Waals surface area contributed by atoms with Gasteiger partial charge in [-0.05, 0) is 48.2 Å². The number of para-hydroxylation sites is 2. The Balaban J connectivity index is 1.87. The Morgan fingerprint density at radius 3 is 2.60 bits per heavy atom. The van der Waals surface area contributed by atoms with Crippen LogP contribution in [0.1, 0.15) is 10.4 Å². The third kappa shape index (κ3) is 4.75. The monoisotopic (exact) mass is 446 g/mol. The number of aryl methyl sites for hydroxylation is 1.